The number of hydrogen-bond acceptors (Lipinski definition) is 3. The van der Waals surface area contributed by atoms with E-state index in [-0.39, 0.29) is 22.8 Å². The van der Waals surface area contributed by atoms with Gasteiger partial charge in [-0.15, -0.1) is 11.3 Å². The van der Waals surface area contributed by atoms with Gasteiger partial charge in [-0.3, -0.25) is 4.79 Å². The van der Waals surface area contributed by atoms with Gasteiger partial charge in [0, 0.05) is 22.9 Å². The lowest BCUT2D eigenvalue weighted by Gasteiger charge is -2.41. The second-order valence-corrected chi connectivity index (χ2v) is 8.54. The molecule has 0 aliphatic carbocycles. The zero-order valence-corrected chi connectivity index (χ0v) is 14.3. The standard InChI is InChI=1S/C16H26N2OS/c1-15(2,3)14-17-12(10-20-14)11-8-7-9-18(13(11)19)16(4,5)6/h10-11H,7-9H2,1-6H3. The molecule has 1 unspecified atom stereocenters. The molecule has 1 saturated heterocycles. The fourth-order valence-electron chi connectivity index (χ4n) is 2.61. The van der Waals surface area contributed by atoms with Crippen molar-refractivity contribution in [3.05, 3.63) is 16.1 Å². The molecule has 1 aliphatic rings. The SMILES string of the molecule is CC(C)(C)c1nc(C2CCCN(C(C)(C)C)C2=O)cs1. The number of likely N-dealkylation sites (tertiary alicyclic amines) is 1. The summed E-state index contributed by atoms with van der Waals surface area (Å²) in [5.41, 5.74) is 0.932. The van der Waals surface area contributed by atoms with Gasteiger partial charge in [0.2, 0.25) is 5.91 Å². The van der Waals surface area contributed by atoms with Crippen molar-refractivity contribution in [1.82, 2.24) is 9.88 Å². The summed E-state index contributed by atoms with van der Waals surface area (Å²) in [6.45, 7) is 13.7. The second-order valence-electron chi connectivity index (χ2n) is 7.68. The Morgan fingerprint density at radius 3 is 2.40 bits per heavy atom. The summed E-state index contributed by atoms with van der Waals surface area (Å²) in [6.07, 6.45) is 1.99. The summed E-state index contributed by atoms with van der Waals surface area (Å²) in [5.74, 6) is 0.199. The molecule has 20 heavy (non-hydrogen) atoms. The maximum Gasteiger partial charge on any atom is 0.232 e. The number of carbonyl (C=O) groups excluding carboxylic acids is 1. The Kier molecular flexibility index (Phi) is 3.98. The topological polar surface area (TPSA) is 33.2 Å². The van der Waals surface area contributed by atoms with Gasteiger partial charge in [-0.05, 0) is 33.6 Å². The van der Waals surface area contributed by atoms with Crippen LogP contribution in [0.15, 0.2) is 5.38 Å². The number of thiazole rings is 1. The van der Waals surface area contributed by atoms with Crippen LogP contribution in [-0.4, -0.2) is 27.9 Å². The van der Waals surface area contributed by atoms with Gasteiger partial charge in [0.05, 0.1) is 16.6 Å². The molecule has 3 nitrogen and oxygen atoms in total. The van der Waals surface area contributed by atoms with E-state index in [9.17, 15) is 4.79 Å². The van der Waals surface area contributed by atoms with Crippen LogP contribution in [0, 0.1) is 0 Å². The molecule has 112 valence electrons. The van der Waals surface area contributed by atoms with Gasteiger partial charge in [-0.2, -0.15) is 0 Å². The Labute approximate surface area is 126 Å². The molecule has 0 aromatic carbocycles. The monoisotopic (exact) mass is 294 g/mol. The summed E-state index contributed by atoms with van der Waals surface area (Å²) < 4.78 is 0. The number of hydrogen-bond donors (Lipinski definition) is 0. The highest BCUT2D eigenvalue weighted by Gasteiger charge is 2.37. The van der Waals surface area contributed by atoms with Crippen molar-refractivity contribution in [2.75, 3.05) is 6.54 Å². The molecule has 2 rings (SSSR count). The lowest BCUT2D eigenvalue weighted by Crippen LogP contribution is -2.50. The normalized spacial score (nSPS) is 21.4. The van der Waals surface area contributed by atoms with E-state index in [1.165, 1.54) is 0 Å². The first-order valence-electron chi connectivity index (χ1n) is 7.38. The lowest BCUT2D eigenvalue weighted by atomic mass is 9.90. The zero-order valence-electron chi connectivity index (χ0n) is 13.5. The van der Waals surface area contributed by atoms with Crippen LogP contribution in [0.2, 0.25) is 0 Å². The molecule has 2 heterocycles. The summed E-state index contributed by atoms with van der Waals surface area (Å²) in [4.78, 5) is 19.5. The predicted octanol–water partition coefficient (Wildman–Crippen LogP) is 3.95. The third-order valence-electron chi connectivity index (χ3n) is 3.77. The minimum Gasteiger partial charge on any atom is -0.337 e. The van der Waals surface area contributed by atoms with Crippen molar-refractivity contribution in [2.24, 2.45) is 0 Å². The van der Waals surface area contributed by atoms with Gasteiger partial charge >= 0.3 is 0 Å². The minimum atomic E-state index is -0.0986. The van der Waals surface area contributed by atoms with Crippen LogP contribution in [0.4, 0.5) is 0 Å². The van der Waals surface area contributed by atoms with Gasteiger partial charge in [-0.1, -0.05) is 20.8 Å². The number of aromatic nitrogens is 1. The molecular weight excluding hydrogens is 268 g/mol. The van der Waals surface area contributed by atoms with Crippen molar-refractivity contribution in [2.45, 2.75) is 71.3 Å². The van der Waals surface area contributed by atoms with E-state index in [1.54, 1.807) is 11.3 Å². The average Bonchev–Trinajstić information content (AvgIpc) is 2.76. The van der Waals surface area contributed by atoms with E-state index in [1.807, 2.05) is 4.90 Å². The van der Waals surface area contributed by atoms with E-state index in [4.69, 9.17) is 4.98 Å². The van der Waals surface area contributed by atoms with Gasteiger partial charge < -0.3 is 4.90 Å². The molecule has 0 N–H and O–H groups in total. The molecule has 1 aliphatic heterocycles. The van der Waals surface area contributed by atoms with E-state index in [2.05, 4.69) is 46.9 Å². The molecule has 1 aromatic heterocycles. The van der Waals surface area contributed by atoms with Gasteiger partial charge in [0.15, 0.2) is 0 Å². The molecule has 0 radical (unpaired) electrons. The highest BCUT2D eigenvalue weighted by Crippen LogP contribution is 2.34. The van der Waals surface area contributed by atoms with Gasteiger partial charge in [-0.25, -0.2) is 4.98 Å². The number of rotatable bonds is 1. The van der Waals surface area contributed by atoms with Crippen LogP contribution >= 0.6 is 11.3 Å². The maximum atomic E-state index is 12.7. The van der Waals surface area contributed by atoms with Gasteiger partial charge in [0.25, 0.3) is 0 Å². The molecule has 1 amide bonds. The van der Waals surface area contributed by atoms with Crippen LogP contribution in [-0.2, 0) is 10.2 Å². The van der Waals surface area contributed by atoms with Crippen LogP contribution in [0.5, 0.6) is 0 Å². The summed E-state index contributed by atoms with van der Waals surface area (Å²) in [6, 6.07) is 0. The van der Waals surface area contributed by atoms with Crippen LogP contribution in [0.1, 0.15) is 71.0 Å². The van der Waals surface area contributed by atoms with Crippen molar-refractivity contribution in [3.63, 3.8) is 0 Å². The van der Waals surface area contributed by atoms with Gasteiger partial charge in [0.1, 0.15) is 0 Å². The highest BCUT2D eigenvalue weighted by atomic mass is 32.1. The number of piperidine rings is 1. The largest absolute Gasteiger partial charge is 0.337 e. The lowest BCUT2D eigenvalue weighted by molar-refractivity contribution is -0.140. The Morgan fingerprint density at radius 1 is 1.25 bits per heavy atom. The molecule has 1 atom stereocenters. The third kappa shape index (κ3) is 3.05. The van der Waals surface area contributed by atoms with Crippen LogP contribution in [0.3, 0.4) is 0 Å². The molecule has 1 fully saturated rings. The maximum absolute atomic E-state index is 12.7. The molecule has 4 heteroatoms. The van der Waals surface area contributed by atoms with Crippen molar-refractivity contribution >= 4 is 17.2 Å². The first kappa shape index (κ1) is 15.5. The summed E-state index contributed by atoms with van der Waals surface area (Å²) >= 11 is 1.68. The number of carbonyl (C=O) groups is 1. The quantitative estimate of drug-likeness (QED) is 0.786. The molecule has 0 bridgehead atoms. The smallest absolute Gasteiger partial charge is 0.232 e. The Balaban J connectivity index is 2.24. The molecule has 1 aromatic rings. The molecule has 0 spiro atoms. The van der Waals surface area contributed by atoms with Crippen molar-refractivity contribution in [1.29, 1.82) is 0 Å². The zero-order chi connectivity index (χ0) is 15.1. The minimum absolute atomic E-state index is 0.0460. The van der Waals surface area contributed by atoms with E-state index >= 15 is 0 Å². The Morgan fingerprint density at radius 2 is 1.90 bits per heavy atom. The Bertz CT molecular complexity index is 493. The highest BCUT2D eigenvalue weighted by molar-refractivity contribution is 7.09. The summed E-state index contributed by atoms with van der Waals surface area (Å²) in [7, 11) is 0. The predicted molar refractivity (Wildman–Crippen MR) is 84.3 cm³/mol. The molecule has 0 saturated carbocycles. The van der Waals surface area contributed by atoms with Crippen LogP contribution in [0.25, 0.3) is 0 Å². The van der Waals surface area contributed by atoms with Crippen LogP contribution < -0.4 is 0 Å². The van der Waals surface area contributed by atoms with E-state index < -0.39 is 0 Å². The fourth-order valence-corrected chi connectivity index (χ4v) is 3.57. The number of nitrogens with zero attached hydrogens (tertiary/aromatic N) is 2. The first-order chi connectivity index (χ1) is 9.10. The number of amides is 1. The molecular formula is C16H26N2OS. The van der Waals surface area contributed by atoms with Crippen molar-refractivity contribution < 1.29 is 4.79 Å². The second kappa shape index (κ2) is 5.14. The Hall–Kier alpha value is -0.900. The fraction of sp³-hybridized carbons (Fsp3) is 0.750. The third-order valence-corrected chi connectivity index (χ3v) is 5.06. The summed E-state index contributed by atoms with van der Waals surface area (Å²) in [5, 5.41) is 3.20. The average molecular weight is 294 g/mol. The first-order valence-corrected chi connectivity index (χ1v) is 8.26. The van der Waals surface area contributed by atoms with E-state index in [0.717, 1.165) is 30.1 Å². The van der Waals surface area contributed by atoms with E-state index in [0.29, 0.717) is 0 Å². The van der Waals surface area contributed by atoms with Crippen molar-refractivity contribution in [3.8, 4) is 0 Å².